The molecule has 0 saturated carbocycles. The molecular weight excluding hydrogens is 343 g/mol. The van der Waals surface area contributed by atoms with Crippen LogP contribution in [0.4, 0.5) is 4.39 Å². The van der Waals surface area contributed by atoms with E-state index in [2.05, 4.69) is 16.9 Å². The molecular formula is C21H25FN4O. The second kappa shape index (κ2) is 7.72. The zero-order valence-electron chi connectivity index (χ0n) is 15.7. The normalized spacial score (nSPS) is 20.4. The van der Waals surface area contributed by atoms with Crippen LogP contribution in [0.3, 0.4) is 0 Å². The molecule has 1 saturated heterocycles. The first-order valence-corrected chi connectivity index (χ1v) is 9.68. The molecule has 142 valence electrons. The largest absolute Gasteiger partial charge is 0.338 e. The molecule has 0 unspecified atom stereocenters. The summed E-state index contributed by atoms with van der Waals surface area (Å²) in [7, 11) is 2.13. The van der Waals surface area contributed by atoms with Crippen molar-refractivity contribution in [1.82, 2.24) is 19.8 Å². The number of halogens is 1. The lowest BCUT2D eigenvalue weighted by Crippen LogP contribution is -2.38. The fourth-order valence-electron chi connectivity index (χ4n) is 4.02. The number of rotatable bonds is 3. The van der Waals surface area contributed by atoms with Crippen molar-refractivity contribution in [3.05, 3.63) is 58.9 Å². The minimum atomic E-state index is -0.326. The Hall–Kier alpha value is -2.34. The van der Waals surface area contributed by atoms with Crippen molar-refractivity contribution in [3.8, 4) is 0 Å². The van der Waals surface area contributed by atoms with Crippen molar-refractivity contribution < 1.29 is 9.18 Å². The third-order valence-corrected chi connectivity index (χ3v) is 5.67. The van der Waals surface area contributed by atoms with Crippen molar-refractivity contribution >= 4 is 5.91 Å². The summed E-state index contributed by atoms with van der Waals surface area (Å²) in [6.07, 6.45) is 6.24. The van der Waals surface area contributed by atoms with Gasteiger partial charge in [-0.3, -0.25) is 9.69 Å². The molecule has 2 aromatic rings. The first kappa shape index (κ1) is 18.0. The van der Waals surface area contributed by atoms with Crippen LogP contribution < -0.4 is 0 Å². The average Bonchev–Trinajstić information content (AvgIpc) is 2.69. The first-order valence-electron chi connectivity index (χ1n) is 9.68. The molecule has 2 aliphatic heterocycles. The average molecular weight is 368 g/mol. The highest BCUT2D eigenvalue weighted by Gasteiger charge is 2.27. The summed E-state index contributed by atoms with van der Waals surface area (Å²) < 4.78 is 13.8. The monoisotopic (exact) mass is 368 g/mol. The van der Waals surface area contributed by atoms with Crippen LogP contribution in [0.15, 0.2) is 30.5 Å². The molecule has 0 spiro atoms. The predicted octanol–water partition coefficient (Wildman–Crippen LogP) is 2.90. The Morgan fingerprint density at radius 1 is 1.26 bits per heavy atom. The molecule has 5 nitrogen and oxygen atoms in total. The Bertz CT molecular complexity index is 841. The van der Waals surface area contributed by atoms with Crippen molar-refractivity contribution in [3.63, 3.8) is 0 Å². The molecule has 3 heterocycles. The van der Waals surface area contributed by atoms with Gasteiger partial charge in [0, 0.05) is 31.3 Å². The minimum absolute atomic E-state index is 0.0539. The maximum Gasteiger partial charge on any atom is 0.227 e. The number of hydrogen-bond acceptors (Lipinski definition) is 4. The Morgan fingerprint density at radius 3 is 2.93 bits per heavy atom. The quantitative estimate of drug-likeness (QED) is 0.836. The van der Waals surface area contributed by atoms with Gasteiger partial charge in [-0.25, -0.2) is 14.4 Å². The van der Waals surface area contributed by atoms with E-state index >= 15 is 0 Å². The van der Waals surface area contributed by atoms with Crippen molar-refractivity contribution in [2.24, 2.45) is 0 Å². The smallest absolute Gasteiger partial charge is 0.227 e. The number of benzene rings is 1. The summed E-state index contributed by atoms with van der Waals surface area (Å²) >= 11 is 0. The summed E-state index contributed by atoms with van der Waals surface area (Å²) in [4.78, 5) is 26.1. The summed E-state index contributed by atoms with van der Waals surface area (Å²) in [5, 5.41) is 0. The van der Waals surface area contributed by atoms with Gasteiger partial charge in [0.25, 0.3) is 0 Å². The highest BCUT2D eigenvalue weighted by Crippen LogP contribution is 2.28. The predicted molar refractivity (Wildman–Crippen MR) is 100 cm³/mol. The van der Waals surface area contributed by atoms with E-state index in [4.69, 9.17) is 4.98 Å². The number of carbonyl (C=O) groups is 1. The second-order valence-corrected chi connectivity index (χ2v) is 7.53. The number of piperidine rings is 1. The van der Waals surface area contributed by atoms with Gasteiger partial charge in [-0.15, -0.1) is 0 Å². The van der Waals surface area contributed by atoms with Gasteiger partial charge >= 0.3 is 0 Å². The van der Waals surface area contributed by atoms with Crippen LogP contribution in [0.5, 0.6) is 0 Å². The molecule has 27 heavy (non-hydrogen) atoms. The molecule has 2 aliphatic rings. The minimum Gasteiger partial charge on any atom is -0.338 e. The van der Waals surface area contributed by atoms with Gasteiger partial charge in [0.15, 0.2) is 0 Å². The fraction of sp³-hybridized carbons (Fsp3) is 0.476. The maximum absolute atomic E-state index is 13.8. The zero-order chi connectivity index (χ0) is 18.8. The molecule has 0 radical (unpaired) electrons. The molecule has 4 rings (SSSR count). The van der Waals surface area contributed by atoms with Crippen LogP contribution in [-0.4, -0.2) is 45.8 Å². The van der Waals surface area contributed by atoms with Crippen molar-refractivity contribution in [2.75, 3.05) is 20.1 Å². The van der Waals surface area contributed by atoms with E-state index in [0.717, 1.165) is 36.5 Å². The van der Waals surface area contributed by atoms with E-state index in [1.165, 1.54) is 18.9 Å². The molecule has 0 N–H and O–H groups in total. The van der Waals surface area contributed by atoms with E-state index in [0.29, 0.717) is 24.7 Å². The van der Waals surface area contributed by atoms with Gasteiger partial charge < -0.3 is 4.90 Å². The van der Waals surface area contributed by atoms with Gasteiger partial charge in [0.05, 0.1) is 18.2 Å². The summed E-state index contributed by atoms with van der Waals surface area (Å²) in [6, 6.07) is 6.76. The SMILES string of the molecule is CN1CCCC[C@H]1c1ncc2c(n1)CCN(C(=O)Cc1ccccc1F)C2. The van der Waals surface area contributed by atoms with Gasteiger partial charge in [0.1, 0.15) is 11.6 Å². The molecule has 1 aromatic heterocycles. The number of amides is 1. The van der Waals surface area contributed by atoms with E-state index < -0.39 is 0 Å². The van der Waals surface area contributed by atoms with Crippen LogP contribution in [-0.2, 0) is 24.2 Å². The lowest BCUT2D eigenvalue weighted by atomic mass is 10.0. The van der Waals surface area contributed by atoms with Crippen LogP contribution >= 0.6 is 0 Å². The Balaban J connectivity index is 1.45. The molecule has 1 atom stereocenters. The molecule has 0 bridgehead atoms. The summed E-state index contributed by atoms with van der Waals surface area (Å²) in [5.41, 5.74) is 2.50. The van der Waals surface area contributed by atoms with Crippen molar-refractivity contribution in [1.29, 1.82) is 0 Å². The summed E-state index contributed by atoms with van der Waals surface area (Å²) in [5.74, 6) is 0.525. The van der Waals surface area contributed by atoms with Gasteiger partial charge in [-0.1, -0.05) is 24.6 Å². The molecule has 1 fully saturated rings. The lowest BCUT2D eigenvalue weighted by molar-refractivity contribution is -0.131. The van der Waals surface area contributed by atoms with Crippen LogP contribution in [0, 0.1) is 5.82 Å². The Kier molecular flexibility index (Phi) is 5.16. The van der Waals surface area contributed by atoms with Crippen LogP contribution in [0.1, 0.15) is 47.9 Å². The summed E-state index contributed by atoms with van der Waals surface area (Å²) in [6.45, 7) is 2.21. The molecule has 1 amide bonds. The fourth-order valence-corrected chi connectivity index (χ4v) is 4.02. The maximum atomic E-state index is 13.8. The molecule has 0 aliphatic carbocycles. The highest BCUT2D eigenvalue weighted by molar-refractivity contribution is 5.79. The van der Waals surface area contributed by atoms with Gasteiger partial charge in [-0.05, 0) is 38.1 Å². The van der Waals surface area contributed by atoms with E-state index in [-0.39, 0.29) is 18.1 Å². The standard InChI is InChI=1S/C21H25FN4O/c1-25-10-5-4-8-19(25)21-23-13-16-14-26(11-9-18(16)24-21)20(27)12-15-6-2-3-7-17(15)22/h2-3,6-7,13,19H,4-5,8-12,14H2,1H3/t19-/m0/s1. The second-order valence-electron chi connectivity index (χ2n) is 7.53. The topological polar surface area (TPSA) is 49.3 Å². The number of hydrogen-bond donors (Lipinski definition) is 0. The lowest BCUT2D eigenvalue weighted by Gasteiger charge is -2.33. The number of fused-ring (bicyclic) bond motifs is 1. The van der Waals surface area contributed by atoms with Crippen LogP contribution in [0.25, 0.3) is 0 Å². The molecule has 6 heteroatoms. The van der Waals surface area contributed by atoms with Gasteiger partial charge in [-0.2, -0.15) is 0 Å². The number of carbonyl (C=O) groups excluding carboxylic acids is 1. The van der Waals surface area contributed by atoms with Gasteiger partial charge in [0.2, 0.25) is 5.91 Å². The van der Waals surface area contributed by atoms with E-state index in [1.807, 2.05) is 6.20 Å². The Labute approximate surface area is 159 Å². The first-order chi connectivity index (χ1) is 13.1. The highest BCUT2D eigenvalue weighted by atomic mass is 19.1. The number of likely N-dealkylation sites (tertiary alicyclic amines) is 1. The third kappa shape index (κ3) is 3.86. The van der Waals surface area contributed by atoms with E-state index in [9.17, 15) is 9.18 Å². The number of aromatic nitrogens is 2. The van der Waals surface area contributed by atoms with Crippen LogP contribution in [0.2, 0.25) is 0 Å². The van der Waals surface area contributed by atoms with Crippen molar-refractivity contribution in [2.45, 2.75) is 44.7 Å². The Morgan fingerprint density at radius 2 is 2.11 bits per heavy atom. The third-order valence-electron chi connectivity index (χ3n) is 5.67. The zero-order valence-corrected chi connectivity index (χ0v) is 15.7. The van der Waals surface area contributed by atoms with E-state index in [1.54, 1.807) is 23.1 Å². The molecule has 1 aromatic carbocycles. The number of nitrogens with zero attached hydrogens (tertiary/aromatic N) is 4.